The van der Waals surface area contributed by atoms with Gasteiger partial charge in [0.2, 0.25) is 11.8 Å². The molecule has 0 radical (unpaired) electrons. The zero-order chi connectivity index (χ0) is 27.7. The smallest absolute Gasteiger partial charge is 0.224 e. The highest BCUT2D eigenvalue weighted by molar-refractivity contribution is 5.98. The summed E-state index contributed by atoms with van der Waals surface area (Å²) in [6, 6.07) is 14.9. The molecule has 204 valence electrons. The van der Waals surface area contributed by atoms with E-state index in [1.807, 2.05) is 42.5 Å². The summed E-state index contributed by atoms with van der Waals surface area (Å²) in [7, 11) is 1.56. The number of nitrogens with one attached hydrogen (secondary N) is 2. The van der Waals surface area contributed by atoms with Crippen molar-refractivity contribution in [3.63, 3.8) is 0 Å². The summed E-state index contributed by atoms with van der Waals surface area (Å²) < 4.78 is 10.6. The Morgan fingerprint density at radius 3 is 2.21 bits per heavy atom. The Kier molecular flexibility index (Phi) is 10.2. The van der Waals surface area contributed by atoms with Gasteiger partial charge in [-0.1, -0.05) is 42.5 Å². The number of methoxy groups -OCH3 is 1. The number of carbonyl (C=O) groups excluding carboxylic acids is 4. The van der Waals surface area contributed by atoms with Crippen molar-refractivity contribution in [1.82, 2.24) is 10.6 Å². The topological polar surface area (TPSA) is 134 Å². The fraction of sp³-hybridized carbons (Fsp3) is 0.448. The maximum Gasteiger partial charge on any atom is 0.224 e. The molecule has 2 aromatic carbocycles. The maximum absolute atomic E-state index is 13.6. The van der Waals surface area contributed by atoms with Crippen LogP contribution in [0.4, 0.5) is 0 Å². The SMILES string of the molecule is COc1ccc(CC(CC(=O)C(C)NC(=O)CCO)C(=O)NC(Cc2ccccc2)C(=O)C2(C)CO2)cc1. The van der Waals surface area contributed by atoms with Crippen LogP contribution in [0.2, 0.25) is 0 Å². The summed E-state index contributed by atoms with van der Waals surface area (Å²) in [6.45, 7) is 3.22. The third-order valence-electron chi connectivity index (χ3n) is 6.67. The number of ketones is 2. The maximum atomic E-state index is 13.6. The molecule has 0 aromatic heterocycles. The minimum absolute atomic E-state index is 0.114. The molecule has 4 atom stereocenters. The van der Waals surface area contributed by atoms with Gasteiger partial charge in [-0.15, -0.1) is 0 Å². The monoisotopic (exact) mass is 524 g/mol. The molecule has 3 N–H and O–H groups in total. The number of aliphatic hydroxyl groups is 1. The van der Waals surface area contributed by atoms with E-state index < -0.39 is 35.4 Å². The molecule has 4 unspecified atom stereocenters. The standard InChI is InChI=1S/C29H36N2O7/c1-19(30-26(34)13-14-32)25(33)17-22(15-21-9-11-23(37-3)12-10-21)28(36)31-24(27(35)29(2)18-38-29)16-20-7-5-4-6-8-20/h4-12,19,22,24,32H,13-18H2,1-3H3,(H,30,34)(H,31,36). The van der Waals surface area contributed by atoms with Crippen LogP contribution in [0.1, 0.15) is 37.8 Å². The minimum atomic E-state index is -0.931. The molecule has 38 heavy (non-hydrogen) atoms. The molecule has 0 aliphatic carbocycles. The van der Waals surface area contributed by atoms with Crippen LogP contribution in [-0.4, -0.2) is 66.5 Å². The van der Waals surface area contributed by atoms with E-state index in [0.717, 1.165) is 11.1 Å². The third-order valence-corrected chi connectivity index (χ3v) is 6.67. The lowest BCUT2D eigenvalue weighted by molar-refractivity contribution is -0.134. The molecule has 1 heterocycles. The van der Waals surface area contributed by atoms with Crippen molar-refractivity contribution in [2.75, 3.05) is 20.3 Å². The number of carbonyl (C=O) groups is 4. The Morgan fingerprint density at radius 1 is 1.00 bits per heavy atom. The van der Waals surface area contributed by atoms with Crippen LogP contribution in [0.3, 0.4) is 0 Å². The van der Waals surface area contributed by atoms with Gasteiger partial charge in [0.25, 0.3) is 0 Å². The first-order valence-electron chi connectivity index (χ1n) is 12.7. The van der Waals surface area contributed by atoms with Crippen molar-refractivity contribution >= 4 is 23.4 Å². The zero-order valence-corrected chi connectivity index (χ0v) is 22.1. The molecule has 0 bridgehead atoms. The summed E-state index contributed by atoms with van der Waals surface area (Å²) in [5.74, 6) is -1.54. The van der Waals surface area contributed by atoms with E-state index in [1.54, 1.807) is 33.1 Å². The average molecular weight is 525 g/mol. The second kappa shape index (κ2) is 13.3. The van der Waals surface area contributed by atoms with Gasteiger partial charge in [0.15, 0.2) is 11.6 Å². The van der Waals surface area contributed by atoms with E-state index in [-0.39, 0.29) is 37.4 Å². The third kappa shape index (κ3) is 8.22. The highest BCUT2D eigenvalue weighted by Gasteiger charge is 2.50. The van der Waals surface area contributed by atoms with Gasteiger partial charge in [0.05, 0.1) is 32.4 Å². The molecule has 1 fully saturated rings. The van der Waals surface area contributed by atoms with Gasteiger partial charge >= 0.3 is 0 Å². The molecule has 2 amide bonds. The number of aliphatic hydroxyl groups excluding tert-OH is 1. The van der Waals surface area contributed by atoms with Crippen LogP contribution in [0.25, 0.3) is 0 Å². The first-order valence-corrected chi connectivity index (χ1v) is 12.7. The molecular weight excluding hydrogens is 488 g/mol. The van der Waals surface area contributed by atoms with Gasteiger partial charge in [0.1, 0.15) is 11.4 Å². The highest BCUT2D eigenvalue weighted by atomic mass is 16.6. The van der Waals surface area contributed by atoms with Crippen LogP contribution in [0, 0.1) is 5.92 Å². The minimum Gasteiger partial charge on any atom is -0.497 e. The molecular formula is C29H36N2O7. The molecule has 0 spiro atoms. The normalized spacial score (nSPS) is 18.5. The molecule has 2 aromatic rings. The Bertz CT molecular complexity index is 1110. The molecule has 1 saturated heterocycles. The molecule has 1 aliphatic rings. The van der Waals surface area contributed by atoms with Crippen LogP contribution in [0.15, 0.2) is 54.6 Å². The number of epoxide rings is 1. The van der Waals surface area contributed by atoms with E-state index in [0.29, 0.717) is 18.8 Å². The highest BCUT2D eigenvalue weighted by Crippen LogP contribution is 2.29. The van der Waals surface area contributed by atoms with E-state index in [2.05, 4.69) is 10.6 Å². The lowest BCUT2D eigenvalue weighted by atomic mass is 9.89. The summed E-state index contributed by atoms with van der Waals surface area (Å²) in [4.78, 5) is 51.7. The van der Waals surface area contributed by atoms with Crippen LogP contribution >= 0.6 is 0 Å². The van der Waals surface area contributed by atoms with Gasteiger partial charge in [-0.05, 0) is 49.9 Å². The van der Waals surface area contributed by atoms with E-state index in [4.69, 9.17) is 14.6 Å². The van der Waals surface area contributed by atoms with Crippen LogP contribution in [0.5, 0.6) is 5.75 Å². The van der Waals surface area contributed by atoms with Gasteiger partial charge < -0.3 is 25.2 Å². The predicted octanol–water partition coefficient (Wildman–Crippen LogP) is 1.79. The largest absolute Gasteiger partial charge is 0.497 e. The number of hydrogen-bond donors (Lipinski definition) is 3. The van der Waals surface area contributed by atoms with Gasteiger partial charge in [-0.25, -0.2) is 0 Å². The van der Waals surface area contributed by atoms with Crippen molar-refractivity contribution in [3.8, 4) is 5.75 Å². The summed E-state index contributed by atoms with van der Waals surface area (Å²) in [5.41, 5.74) is 0.775. The van der Waals surface area contributed by atoms with E-state index >= 15 is 0 Å². The van der Waals surface area contributed by atoms with Crippen molar-refractivity contribution in [1.29, 1.82) is 0 Å². The lowest BCUT2D eigenvalue weighted by Gasteiger charge is -2.24. The van der Waals surface area contributed by atoms with Crippen molar-refractivity contribution in [2.45, 2.75) is 57.2 Å². The van der Waals surface area contributed by atoms with E-state index in [1.165, 1.54) is 0 Å². The van der Waals surface area contributed by atoms with Crippen molar-refractivity contribution < 1.29 is 33.8 Å². The van der Waals surface area contributed by atoms with Gasteiger partial charge in [-0.2, -0.15) is 0 Å². The predicted molar refractivity (Wildman–Crippen MR) is 141 cm³/mol. The number of benzene rings is 2. The van der Waals surface area contributed by atoms with Gasteiger partial charge in [0, 0.05) is 18.8 Å². The average Bonchev–Trinajstić information content (AvgIpc) is 3.66. The van der Waals surface area contributed by atoms with E-state index in [9.17, 15) is 19.2 Å². The summed E-state index contributed by atoms with van der Waals surface area (Å²) in [5, 5.41) is 14.4. The van der Waals surface area contributed by atoms with Crippen LogP contribution < -0.4 is 15.4 Å². The fourth-order valence-electron chi connectivity index (χ4n) is 4.19. The number of hydrogen-bond acceptors (Lipinski definition) is 7. The zero-order valence-electron chi connectivity index (χ0n) is 22.1. The summed E-state index contributed by atoms with van der Waals surface area (Å²) in [6.07, 6.45) is 0.288. The first kappa shape index (κ1) is 29.0. The van der Waals surface area contributed by atoms with Crippen molar-refractivity contribution in [2.24, 2.45) is 5.92 Å². The number of amides is 2. The molecule has 1 aliphatic heterocycles. The lowest BCUT2D eigenvalue weighted by Crippen LogP contribution is -2.50. The molecule has 9 heteroatoms. The molecule has 9 nitrogen and oxygen atoms in total. The second-order valence-corrected chi connectivity index (χ2v) is 9.82. The fourth-order valence-corrected chi connectivity index (χ4v) is 4.19. The second-order valence-electron chi connectivity index (χ2n) is 9.82. The van der Waals surface area contributed by atoms with Crippen molar-refractivity contribution in [3.05, 3.63) is 65.7 Å². The van der Waals surface area contributed by atoms with Gasteiger partial charge in [-0.3, -0.25) is 19.2 Å². The first-order chi connectivity index (χ1) is 18.1. The van der Waals surface area contributed by atoms with Crippen LogP contribution in [-0.2, 0) is 36.8 Å². The number of rotatable bonds is 15. The Balaban J connectivity index is 1.79. The molecule has 0 saturated carbocycles. The molecule has 3 rings (SSSR count). The quantitative estimate of drug-likeness (QED) is 0.302. The Labute approximate surface area is 222 Å². The Morgan fingerprint density at radius 2 is 1.63 bits per heavy atom. The Hall–Kier alpha value is -3.56. The number of Topliss-reactive ketones (excluding diaryl/α,β-unsaturated/α-hetero) is 2. The number of ether oxygens (including phenoxy) is 2. The summed E-state index contributed by atoms with van der Waals surface area (Å²) >= 11 is 0.